The number of nitrogens with one attached hydrogen (secondary N) is 1. The Morgan fingerprint density at radius 3 is 2.80 bits per heavy atom. The van der Waals surface area contributed by atoms with Crippen molar-refractivity contribution in [2.24, 2.45) is 0 Å². The number of hydrogen-bond donors (Lipinski definition) is 1. The molecular formula is C21H21N3O5S. The van der Waals surface area contributed by atoms with Crippen molar-refractivity contribution in [1.29, 1.82) is 0 Å². The van der Waals surface area contributed by atoms with Gasteiger partial charge in [0.1, 0.15) is 10.8 Å². The van der Waals surface area contributed by atoms with Crippen LogP contribution in [0.4, 0.5) is 4.79 Å². The molecule has 156 valence electrons. The highest BCUT2D eigenvalue weighted by Gasteiger charge is 2.51. The molecule has 1 aromatic carbocycles. The van der Waals surface area contributed by atoms with Crippen LogP contribution in [-0.2, 0) is 16.9 Å². The van der Waals surface area contributed by atoms with Gasteiger partial charge in [-0.3, -0.25) is 9.69 Å². The SMILES string of the molecule is CCOc1ccc(-c2nc(CN3C(=O)NC(C)(c4ccco4)C3=O)cs2)cc1OC. The normalized spacial score (nSPS) is 18.6. The van der Waals surface area contributed by atoms with Crippen LogP contribution < -0.4 is 14.8 Å². The van der Waals surface area contributed by atoms with Gasteiger partial charge in [0.05, 0.1) is 32.2 Å². The first kappa shape index (κ1) is 20.0. The molecule has 3 heterocycles. The molecule has 0 aliphatic carbocycles. The topological polar surface area (TPSA) is 93.9 Å². The highest BCUT2D eigenvalue weighted by molar-refractivity contribution is 7.13. The molecular weight excluding hydrogens is 406 g/mol. The molecule has 0 saturated carbocycles. The van der Waals surface area contributed by atoms with E-state index in [2.05, 4.69) is 10.3 Å². The number of thiazole rings is 1. The molecule has 3 amide bonds. The van der Waals surface area contributed by atoms with Crippen molar-refractivity contribution in [1.82, 2.24) is 15.2 Å². The third-order valence-corrected chi connectivity index (χ3v) is 5.81. The van der Waals surface area contributed by atoms with Gasteiger partial charge in [-0.2, -0.15) is 0 Å². The van der Waals surface area contributed by atoms with E-state index in [0.29, 0.717) is 29.6 Å². The van der Waals surface area contributed by atoms with Crippen molar-refractivity contribution in [2.75, 3.05) is 13.7 Å². The number of nitrogens with zero attached hydrogens (tertiary/aromatic N) is 2. The predicted molar refractivity (Wildman–Crippen MR) is 110 cm³/mol. The number of urea groups is 1. The molecule has 30 heavy (non-hydrogen) atoms. The third-order valence-electron chi connectivity index (χ3n) is 4.87. The second-order valence-corrected chi connectivity index (χ2v) is 7.72. The van der Waals surface area contributed by atoms with Gasteiger partial charge in [-0.1, -0.05) is 0 Å². The Hall–Kier alpha value is -3.33. The molecule has 1 saturated heterocycles. The maximum absolute atomic E-state index is 12.9. The van der Waals surface area contributed by atoms with Gasteiger partial charge >= 0.3 is 6.03 Å². The number of carbonyl (C=O) groups is 2. The smallest absolute Gasteiger partial charge is 0.325 e. The number of furan rings is 1. The fourth-order valence-corrected chi connectivity index (χ4v) is 4.13. The molecule has 1 unspecified atom stereocenters. The summed E-state index contributed by atoms with van der Waals surface area (Å²) in [5.74, 6) is 1.30. The van der Waals surface area contributed by atoms with Gasteiger partial charge in [-0.05, 0) is 44.2 Å². The van der Waals surface area contributed by atoms with Crippen LogP contribution in [0.1, 0.15) is 25.3 Å². The summed E-state index contributed by atoms with van der Waals surface area (Å²) in [5.41, 5.74) is 0.265. The number of methoxy groups -OCH3 is 1. The van der Waals surface area contributed by atoms with Gasteiger partial charge in [-0.15, -0.1) is 11.3 Å². The van der Waals surface area contributed by atoms with Crippen LogP contribution >= 0.6 is 11.3 Å². The van der Waals surface area contributed by atoms with Crippen LogP contribution in [-0.4, -0.2) is 35.5 Å². The second-order valence-electron chi connectivity index (χ2n) is 6.87. The summed E-state index contributed by atoms with van der Waals surface area (Å²) >= 11 is 1.43. The summed E-state index contributed by atoms with van der Waals surface area (Å²) in [5, 5.41) is 5.30. The predicted octanol–water partition coefficient (Wildman–Crippen LogP) is 3.78. The van der Waals surface area contributed by atoms with E-state index in [0.717, 1.165) is 15.5 Å². The number of imide groups is 1. The lowest BCUT2D eigenvalue weighted by Gasteiger charge is -2.18. The van der Waals surface area contributed by atoms with Gasteiger partial charge in [0.25, 0.3) is 5.91 Å². The summed E-state index contributed by atoms with van der Waals surface area (Å²) < 4.78 is 16.3. The Labute approximate surface area is 177 Å². The zero-order chi connectivity index (χ0) is 21.3. The van der Waals surface area contributed by atoms with E-state index in [1.54, 1.807) is 26.2 Å². The van der Waals surface area contributed by atoms with Gasteiger partial charge in [0.2, 0.25) is 0 Å². The van der Waals surface area contributed by atoms with Crippen molar-refractivity contribution in [2.45, 2.75) is 25.9 Å². The average molecular weight is 427 g/mol. The van der Waals surface area contributed by atoms with Crippen molar-refractivity contribution in [3.05, 3.63) is 53.4 Å². The molecule has 0 spiro atoms. The van der Waals surface area contributed by atoms with Crippen molar-refractivity contribution >= 4 is 23.3 Å². The molecule has 2 aromatic heterocycles. The number of carbonyl (C=O) groups excluding carboxylic acids is 2. The minimum atomic E-state index is -1.22. The first-order valence-corrected chi connectivity index (χ1v) is 10.3. The summed E-state index contributed by atoms with van der Waals surface area (Å²) in [6.07, 6.45) is 1.47. The van der Waals surface area contributed by atoms with Crippen molar-refractivity contribution in [3.63, 3.8) is 0 Å². The summed E-state index contributed by atoms with van der Waals surface area (Å²) in [7, 11) is 1.59. The van der Waals surface area contributed by atoms with Crippen LogP contribution in [0.2, 0.25) is 0 Å². The van der Waals surface area contributed by atoms with E-state index >= 15 is 0 Å². The van der Waals surface area contributed by atoms with E-state index in [9.17, 15) is 9.59 Å². The first-order valence-electron chi connectivity index (χ1n) is 9.40. The molecule has 0 radical (unpaired) electrons. The molecule has 3 aromatic rings. The van der Waals surface area contributed by atoms with Crippen molar-refractivity contribution in [3.8, 4) is 22.1 Å². The summed E-state index contributed by atoms with van der Waals surface area (Å²) in [4.78, 5) is 31.1. The lowest BCUT2D eigenvalue weighted by molar-refractivity contribution is -0.132. The second kappa shape index (κ2) is 7.83. The minimum Gasteiger partial charge on any atom is -0.493 e. The fraction of sp³-hybridized carbons (Fsp3) is 0.286. The van der Waals surface area contributed by atoms with E-state index in [1.165, 1.54) is 17.6 Å². The lowest BCUT2D eigenvalue weighted by atomic mass is 9.99. The molecule has 8 nitrogen and oxygen atoms in total. The molecule has 1 fully saturated rings. The Morgan fingerprint density at radius 1 is 1.27 bits per heavy atom. The quantitative estimate of drug-likeness (QED) is 0.577. The zero-order valence-electron chi connectivity index (χ0n) is 16.8. The molecule has 9 heteroatoms. The van der Waals surface area contributed by atoms with Gasteiger partial charge in [0, 0.05) is 10.9 Å². The molecule has 1 aliphatic rings. The van der Waals surface area contributed by atoms with E-state index in [4.69, 9.17) is 13.9 Å². The molecule has 1 aliphatic heterocycles. The average Bonchev–Trinajstić information content (AvgIpc) is 3.47. The Balaban J connectivity index is 1.54. The van der Waals surface area contributed by atoms with Crippen LogP contribution in [0, 0.1) is 0 Å². The highest BCUT2D eigenvalue weighted by Crippen LogP contribution is 2.35. The number of aromatic nitrogens is 1. The van der Waals surface area contributed by atoms with Crippen LogP contribution in [0.5, 0.6) is 11.5 Å². The maximum atomic E-state index is 12.9. The third kappa shape index (κ3) is 3.41. The zero-order valence-corrected chi connectivity index (χ0v) is 17.6. The molecule has 1 N–H and O–H groups in total. The summed E-state index contributed by atoms with van der Waals surface area (Å²) in [6, 6.07) is 8.47. The Morgan fingerprint density at radius 2 is 2.10 bits per heavy atom. The number of hydrogen-bond acceptors (Lipinski definition) is 7. The van der Waals surface area contributed by atoms with Crippen LogP contribution in [0.15, 0.2) is 46.4 Å². The van der Waals surface area contributed by atoms with Gasteiger partial charge in [-0.25, -0.2) is 9.78 Å². The number of rotatable bonds is 7. The maximum Gasteiger partial charge on any atom is 0.325 e. The Bertz CT molecular complexity index is 1080. The molecule has 0 bridgehead atoms. The lowest BCUT2D eigenvalue weighted by Crippen LogP contribution is -2.40. The van der Waals surface area contributed by atoms with E-state index in [-0.39, 0.29) is 12.5 Å². The van der Waals surface area contributed by atoms with E-state index in [1.807, 2.05) is 30.5 Å². The van der Waals surface area contributed by atoms with Gasteiger partial charge in [0.15, 0.2) is 17.0 Å². The van der Waals surface area contributed by atoms with Gasteiger partial charge < -0.3 is 19.2 Å². The molecule has 1 atom stereocenters. The van der Waals surface area contributed by atoms with Crippen LogP contribution in [0.3, 0.4) is 0 Å². The number of benzene rings is 1. The van der Waals surface area contributed by atoms with E-state index < -0.39 is 11.6 Å². The largest absolute Gasteiger partial charge is 0.493 e. The highest BCUT2D eigenvalue weighted by atomic mass is 32.1. The van der Waals surface area contributed by atoms with Crippen LogP contribution in [0.25, 0.3) is 10.6 Å². The number of ether oxygens (including phenoxy) is 2. The first-order chi connectivity index (χ1) is 14.5. The fourth-order valence-electron chi connectivity index (χ4n) is 3.32. The minimum absolute atomic E-state index is 0.0750. The molecule has 4 rings (SSSR count). The Kier molecular flexibility index (Phi) is 5.21. The standard InChI is InChI=1S/C21H21N3O5S/c1-4-28-15-8-7-13(10-16(15)27-3)18-22-14(12-30-18)11-24-19(25)21(2,23-20(24)26)17-6-5-9-29-17/h5-10,12H,4,11H2,1-3H3,(H,23,26). The monoisotopic (exact) mass is 427 g/mol. The summed E-state index contributed by atoms with van der Waals surface area (Å²) in [6.45, 7) is 4.16. The number of amides is 3. The van der Waals surface area contributed by atoms with Crippen molar-refractivity contribution < 1.29 is 23.5 Å².